The maximum absolute atomic E-state index is 11.5. The van der Waals surface area contributed by atoms with Gasteiger partial charge in [0.05, 0.1) is 10.7 Å². The molecular formula is C20H19NO2S. The van der Waals surface area contributed by atoms with Crippen molar-refractivity contribution in [2.75, 3.05) is 0 Å². The highest BCUT2D eigenvalue weighted by atomic mass is 32.1. The summed E-state index contributed by atoms with van der Waals surface area (Å²) < 4.78 is 0. The number of aromatic nitrogens is 1. The van der Waals surface area contributed by atoms with E-state index in [0.717, 1.165) is 23.4 Å². The lowest BCUT2D eigenvalue weighted by atomic mass is 10.1. The number of aromatic carboxylic acids is 1. The number of hydrogen-bond acceptors (Lipinski definition) is 3. The Balaban J connectivity index is 1.75. The normalized spacial score (nSPS) is 10.7. The average molecular weight is 337 g/mol. The predicted molar refractivity (Wildman–Crippen MR) is 96.9 cm³/mol. The number of hydrogen-bond donors (Lipinski definition) is 1. The van der Waals surface area contributed by atoms with Crippen LogP contribution in [0.5, 0.6) is 0 Å². The molecule has 0 radical (unpaired) electrons. The zero-order valence-corrected chi connectivity index (χ0v) is 14.3. The van der Waals surface area contributed by atoms with Gasteiger partial charge in [0, 0.05) is 12.8 Å². The van der Waals surface area contributed by atoms with Crippen molar-refractivity contribution in [2.45, 2.75) is 26.2 Å². The van der Waals surface area contributed by atoms with Crippen LogP contribution >= 0.6 is 11.3 Å². The standard InChI is InChI=1S/C20H19NO2S/c1-14-7-9-15(10-8-14)11-12-18-21-17(19(24-18)20(22)23)13-16-5-3-2-4-6-16/h2-10H,11-13H2,1H3,(H,22,23). The summed E-state index contributed by atoms with van der Waals surface area (Å²) in [4.78, 5) is 16.5. The summed E-state index contributed by atoms with van der Waals surface area (Å²) in [5.74, 6) is -0.889. The van der Waals surface area contributed by atoms with Gasteiger partial charge in [-0.1, -0.05) is 60.2 Å². The highest BCUT2D eigenvalue weighted by Crippen LogP contribution is 2.23. The summed E-state index contributed by atoms with van der Waals surface area (Å²) in [6.45, 7) is 2.07. The third kappa shape index (κ3) is 4.09. The molecule has 24 heavy (non-hydrogen) atoms. The van der Waals surface area contributed by atoms with Crippen LogP contribution in [0.1, 0.15) is 37.1 Å². The van der Waals surface area contributed by atoms with Crippen LogP contribution in [0.3, 0.4) is 0 Å². The van der Waals surface area contributed by atoms with Crippen LogP contribution in [0, 0.1) is 6.92 Å². The van der Waals surface area contributed by atoms with Crippen LogP contribution in [-0.2, 0) is 19.3 Å². The highest BCUT2D eigenvalue weighted by Gasteiger charge is 2.17. The van der Waals surface area contributed by atoms with E-state index in [4.69, 9.17) is 0 Å². The quantitative estimate of drug-likeness (QED) is 0.719. The minimum atomic E-state index is -0.889. The molecule has 4 heteroatoms. The highest BCUT2D eigenvalue weighted by molar-refractivity contribution is 7.13. The molecule has 0 aliphatic rings. The van der Waals surface area contributed by atoms with Crippen LogP contribution in [0.4, 0.5) is 0 Å². The van der Waals surface area contributed by atoms with Gasteiger partial charge in [0.15, 0.2) is 0 Å². The fraction of sp³-hybridized carbons (Fsp3) is 0.200. The molecule has 2 aromatic carbocycles. The van der Waals surface area contributed by atoms with Crippen molar-refractivity contribution < 1.29 is 9.90 Å². The Morgan fingerprint density at radius 2 is 1.71 bits per heavy atom. The van der Waals surface area contributed by atoms with Gasteiger partial charge in [0.25, 0.3) is 0 Å². The Bertz CT molecular complexity index is 823. The zero-order chi connectivity index (χ0) is 16.9. The number of benzene rings is 2. The Hall–Kier alpha value is -2.46. The first-order valence-corrected chi connectivity index (χ1v) is 8.75. The van der Waals surface area contributed by atoms with E-state index < -0.39 is 5.97 Å². The van der Waals surface area contributed by atoms with E-state index in [1.54, 1.807) is 0 Å². The molecule has 0 aliphatic heterocycles. The molecule has 0 amide bonds. The van der Waals surface area contributed by atoms with Gasteiger partial charge in [0.2, 0.25) is 0 Å². The SMILES string of the molecule is Cc1ccc(CCc2nc(Cc3ccccc3)c(C(=O)O)s2)cc1. The third-order valence-electron chi connectivity index (χ3n) is 3.90. The summed E-state index contributed by atoms with van der Waals surface area (Å²) in [5.41, 5.74) is 4.23. The van der Waals surface area contributed by atoms with Crippen LogP contribution in [0.15, 0.2) is 54.6 Å². The Labute approximate surface area is 145 Å². The number of carboxylic acid groups (broad SMARTS) is 1. The number of rotatable bonds is 6. The van der Waals surface area contributed by atoms with Crippen molar-refractivity contribution >= 4 is 17.3 Å². The Morgan fingerprint density at radius 3 is 2.38 bits per heavy atom. The van der Waals surface area contributed by atoms with E-state index in [1.165, 1.54) is 22.5 Å². The van der Waals surface area contributed by atoms with Crippen LogP contribution in [0.2, 0.25) is 0 Å². The minimum absolute atomic E-state index is 0.359. The van der Waals surface area contributed by atoms with Gasteiger partial charge in [0.1, 0.15) is 4.88 Å². The van der Waals surface area contributed by atoms with E-state index in [9.17, 15) is 9.90 Å². The number of thiazole rings is 1. The molecule has 1 heterocycles. The second-order valence-electron chi connectivity index (χ2n) is 5.84. The number of nitrogens with zero attached hydrogens (tertiary/aromatic N) is 1. The number of carbonyl (C=O) groups is 1. The largest absolute Gasteiger partial charge is 0.477 e. The molecule has 122 valence electrons. The van der Waals surface area contributed by atoms with Gasteiger partial charge in [-0.15, -0.1) is 11.3 Å². The number of aryl methyl sites for hydroxylation is 3. The van der Waals surface area contributed by atoms with Crippen LogP contribution in [-0.4, -0.2) is 16.1 Å². The molecule has 0 aliphatic carbocycles. The maximum Gasteiger partial charge on any atom is 0.347 e. The van der Waals surface area contributed by atoms with Crippen LogP contribution < -0.4 is 0 Å². The van der Waals surface area contributed by atoms with Crippen molar-refractivity contribution in [3.63, 3.8) is 0 Å². The Kier molecular flexibility index (Phi) is 5.06. The maximum atomic E-state index is 11.5. The molecule has 0 fully saturated rings. The van der Waals surface area contributed by atoms with E-state index in [2.05, 4.69) is 36.2 Å². The van der Waals surface area contributed by atoms with Crippen molar-refractivity contribution in [3.05, 3.63) is 86.9 Å². The lowest BCUT2D eigenvalue weighted by Gasteiger charge is -2.00. The molecular weight excluding hydrogens is 318 g/mol. The van der Waals surface area contributed by atoms with Gasteiger partial charge >= 0.3 is 5.97 Å². The fourth-order valence-corrected chi connectivity index (χ4v) is 3.51. The summed E-state index contributed by atoms with van der Waals surface area (Å²) in [5, 5.41) is 10.3. The predicted octanol–water partition coefficient (Wildman–Crippen LogP) is 4.53. The molecule has 3 rings (SSSR count). The molecule has 0 spiro atoms. The van der Waals surface area contributed by atoms with E-state index in [0.29, 0.717) is 17.0 Å². The summed E-state index contributed by atoms with van der Waals surface area (Å²) in [7, 11) is 0. The summed E-state index contributed by atoms with van der Waals surface area (Å²) >= 11 is 1.30. The van der Waals surface area contributed by atoms with E-state index >= 15 is 0 Å². The monoisotopic (exact) mass is 337 g/mol. The minimum Gasteiger partial charge on any atom is -0.477 e. The topological polar surface area (TPSA) is 50.2 Å². The molecule has 3 nitrogen and oxygen atoms in total. The van der Waals surface area contributed by atoms with Gasteiger partial charge in [-0.2, -0.15) is 0 Å². The van der Waals surface area contributed by atoms with Crippen molar-refractivity contribution in [3.8, 4) is 0 Å². The molecule has 0 atom stereocenters. The molecule has 3 aromatic rings. The molecule has 0 unspecified atom stereocenters. The first kappa shape index (κ1) is 16.4. The molecule has 1 aromatic heterocycles. The van der Waals surface area contributed by atoms with Gasteiger partial charge in [-0.05, 0) is 24.5 Å². The van der Waals surface area contributed by atoms with Crippen LogP contribution in [0.25, 0.3) is 0 Å². The smallest absolute Gasteiger partial charge is 0.347 e. The van der Waals surface area contributed by atoms with Crippen molar-refractivity contribution in [1.82, 2.24) is 4.98 Å². The Morgan fingerprint density at radius 1 is 1.00 bits per heavy atom. The van der Waals surface area contributed by atoms with Gasteiger partial charge < -0.3 is 5.11 Å². The molecule has 0 saturated carbocycles. The zero-order valence-electron chi connectivity index (χ0n) is 13.5. The molecule has 0 bridgehead atoms. The molecule has 1 N–H and O–H groups in total. The van der Waals surface area contributed by atoms with Gasteiger partial charge in [-0.3, -0.25) is 0 Å². The van der Waals surface area contributed by atoms with Gasteiger partial charge in [-0.25, -0.2) is 9.78 Å². The number of carboxylic acids is 1. The fourth-order valence-electron chi connectivity index (χ4n) is 2.59. The lowest BCUT2D eigenvalue weighted by molar-refractivity contribution is 0.0701. The summed E-state index contributed by atoms with van der Waals surface area (Å²) in [6.07, 6.45) is 2.20. The lowest BCUT2D eigenvalue weighted by Crippen LogP contribution is -2.00. The summed E-state index contributed by atoms with van der Waals surface area (Å²) in [6, 6.07) is 18.3. The first-order chi connectivity index (χ1) is 11.6. The third-order valence-corrected chi connectivity index (χ3v) is 5.04. The average Bonchev–Trinajstić information content (AvgIpc) is 2.98. The second-order valence-corrected chi connectivity index (χ2v) is 6.92. The van der Waals surface area contributed by atoms with Crippen molar-refractivity contribution in [2.24, 2.45) is 0 Å². The first-order valence-electron chi connectivity index (χ1n) is 7.93. The second kappa shape index (κ2) is 7.41. The van der Waals surface area contributed by atoms with E-state index in [1.807, 2.05) is 30.3 Å². The van der Waals surface area contributed by atoms with Crippen molar-refractivity contribution in [1.29, 1.82) is 0 Å². The van der Waals surface area contributed by atoms with E-state index in [-0.39, 0.29) is 0 Å². The molecule has 0 saturated heterocycles.